The molecule has 0 saturated heterocycles. The lowest BCUT2D eigenvalue weighted by molar-refractivity contribution is 0.654. The zero-order valence-corrected chi connectivity index (χ0v) is 10.6. The van der Waals surface area contributed by atoms with Gasteiger partial charge in [0.05, 0.1) is 22.8 Å². The van der Waals surface area contributed by atoms with Crippen LogP contribution < -0.4 is 5.32 Å². The van der Waals surface area contributed by atoms with Crippen LogP contribution in [0, 0.1) is 0 Å². The van der Waals surface area contributed by atoms with Gasteiger partial charge in [0.25, 0.3) is 0 Å². The normalized spacial score (nSPS) is 10.9. The molecule has 0 aliphatic carbocycles. The van der Waals surface area contributed by atoms with E-state index in [1.54, 1.807) is 11.3 Å². The van der Waals surface area contributed by atoms with E-state index in [1.807, 2.05) is 23.0 Å². The van der Waals surface area contributed by atoms with Gasteiger partial charge in [-0.15, -0.1) is 16.4 Å². The smallest absolute Gasteiger partial charge is 0.0964 e. The van der Waals surface area contributed by atoms with Crippen molar-refractivity contribution in [2.75, 3.05) is 6.54 Å². The van der Waals surface area contributed by atoms with Gasteiger partial charge in [0.15, 0.2) is 0 Å². The summed E-state index contributed by atoms with van der Waals surface area (Å²) in [5.74, 6) is 0. The maximum Gasteiger partial charge on any atom is 0.0964 e. The van der Waals surface area contributed by atoms with Crippen LogP contribution in [0.1, 0.15) is 17.5 Å². The Kier molecular flexibility index (Phi) is 3.93. The maximum absolute atomic E-state index is 5.86. The molecule has 0 spiro atoms. The zero-order valence-electron chi connectivity index (χ0n) is 8.98. The van der Waals surface area contributed by atoms with Crippen molar-refractivity contribution in [2.45, 2.75) is 20.0 Å². The summed E-state index contributed by atoms with van der Waals surface area (Å²) < 4.78 is 2.64. The summed E-state index contributed by atoms with van der Waals surface area (Å²) in [6.45, 7) is 4.50. The molecule has 4 nitrogen and oxygen atoms in total. The van der Waals surface area contributed by atoms with Crippen LogP contribution in [0.5, 0.6) is 0 Å². The minimum absolute atomic E-state index is 0.733. The molecule has 0 radical (unpaired) electrons. The molecule has 0 unspecified atom stereocenters. The molecule has 0 aliphatic heterocycles. The van der Waals surface area contributed by atoms with Gasteiger partial charge in [-0.1, -0.05) is 23.7 Å². The van der Waals surface area contributed by atoms with Crippen LogP contribution >= 0.6 is 22.9 Å². The first-order valence-corrected chi connectivity index (χ1v) is 6.31. The summed E-state index contributed by atoms with van der Waals surface area (Å²) in [6.07, 6.45) is 1.95. The fraction of sp³-hybridized carbons (Fsp3) is 0.400. The second-order valence-corrected chi connectivity index (χ2v) is 5.19. The molecule has 0 saturated carbocycles. The van der Waals surface area contributed by atoms with Crippen molar-refractivity contribution >= 4 is 22.9 Å². The molecule has 16 heavy (non-hydrogen) atoms. The Morgan fingerprint density at radius 3 is 3.06 bits per heavy atom. The lowest BCUT2D eigenvalue weighted by Gasteiger charge is -1.96. The van der Waals surface area contributed by atoms with Gasteiger partial charge in [-0.2, -0.15) is 0 Å². The monoisotopic (exact) mass is 256 g/mol. The second kappa shape index (κ2) is 5.43. The first kappa shape index (κ1) is 11.6. The number of hydrogen-bond donors (Lipinski definition) is 1. The van der Waals surface area contributed by atoms with Gasteiger partial charge in [-0.05, 0) is 18.7 Å². The van der Waals surface area contributed by atoms with Crippen molar-refractivity contribution in [3.8, 4) is 0 Å². The Labute approximate surface area is 103 Å². The van der Waals surface area contributed by atoms with E-state index in [-0.39, 0.29) is 0 Å². The fourth-order valence-corrected chi connectivity index (χ4v) is 2.43. The number of rotatable bonds is 5. The van der Waals surface area contributed by atoms with Gasteiger partial charge < -0.3 is 5.32 Å². The Balaban J connectivity index is 1.97. The molecule has 0 bridgehead atoms. The predicted molar refractivity (Wildman–Crippen MR) is 65.8 cm³/mol. The third kappa shape index (κ3) is 3.04. The van der Waals surface area contributed by atoms with E-state index in [1.165, 1.54) is 4.88 Å². The standard InChI is InChI=1S/C10H13ClN4S/c1-2-12-5-8-6-15(14-13-8)7-9-3-4-10(11)16-9/h3-4,6,12H,2,5,7H2,1H3. The maximum atomic E-state index is 5.86. The third-order valence-electron chi connectivity index (χ3n) is 2.09. The van der Waals surface area contributed by atoms with Gasteiger partial charge in [0, 0.05) is 11.4 Å². The summed E-state index contributed by atoms with van der Waals surface area (Å²) >= 11 is 7.43. The molecular formula is C10H13ClN4S. The molecule has 86 valence electrons. The predicted octanol–water partition coefficient (Wildman–Crippen LogP) is 2.15. The minimum Gasteiger partial charge on any atom is -0.311 e. The Morgan fingerprint density at radius 1 is 1.50 bits per heavy atom. The first-order valence-electron chi connectivity index (χ1n) is 5.12. The van der Waals surface area contributed by atoms with Crippen molar-refractivity contribution in [3.63, 3.8) is 0 Å². The van der Waals surface area contributed by atoms with Gasteiger partial charge in [-0.3, -0.25) is 0 Å². The Hall–Kier alpha value is -0.910. The Bertz CT molecular complexity index is 451. The topological polar surface area (TPSA) is 42.7 Å². The molecule has 0 aromatic carbocycles. The molecule has 0 fully saturated rings. The van der Waals surface area contributed by atoms with Crippen molar-refractivity contribution in [1.82, 2.24) is 20.3 Å². The number of nitrogens with one attached hydrogen (secondary N) is 1. The van der Waals surface area contributed by atoms with Gasteiger partial charge in [-0.25, -0.2) is 4.68 Å². The Morgan fingerprint density at radius 2 is 2.38 bits per heavy atom. The average Bonchev–Trinajstić information content (AvgIpc) is 2.86. The van der Waals surface area contributed by atoms with E-state index in [9.17, 15) is 0 Å². The summed E-state index contributed by atoms with van der Waals surface area (Å²) in [5.41, 5.74) is 0.963. The summed E-state index contributed by atoms with van der Waals surface area (Å²) in [4.78, 5) is 1.19. The van der Waals surface area contributed by atoms with Crippen LogP contribution in [0.25, 0.3) is 0 Å². The molecule has 0 atom stereocenters. The molecule has 1 N–H and O–H groups in total. The number of nitrogens with zero attached hydrogens (tertiary/aromatic N) is 3. The van der Waals surface area contributed by atoms with Crippen LogP contribution in [-0.2, 0) is 13.1 Å². The zero-order chi connectivity index (χ0) is 11.4. The fourth-order valence-electron chi connectivity index (χ4n) is 1.35. The van der Waals surface area contributed by atoms with Crippen molar-refractivity contribution < 1.29 is 0 Å². The van der Waals surface area contributed by atoms with E-state index >= 15 is 0 Å². The highest BCUT2D eigenvalue weighted by Gasteiger charge is 2.02. The highest BCUT2D eigenvalue weighted by atomic mass is 35.5. The van der Waals surface area contributed by atoms with Crippen LogP contribution in [0.4, 0.5) is 0 Å². The van der Waals surface area contributed by atoms with Crippen LogP contribution in [-0.4, -0.2) is 21.5 Å². The molecule has 0 aliphatic rings. The molecule has 6 heteroatoms. The number of thiophene rings is 1. The van der Waals surface area contributed by atoms with E-state index in [0.717, 1.165) is 29.7 Å². The number of aromatic nitrogens is 3. The van der Waals surface area contributed by atoms with E-state index in [4.69, 9.17) is 11.6 Å². The molecule has 2 heterocycles. The lowest BCUT2D eigenvalue weighted by Crippen LogP contribution is -2.11. The second-order valence-electron chi connectivity index (χ2n) is 3.39. The number of halogens is 1. The summed E-state index contributed by atoms with van der Waals surface area (Å²) in [7, 11) is 0. The number of hydrogen-bond acceptors (Lipinski definition) is 4. The first-order chi connectivity index (χ1) is 7.78. The highest BCUT2D eigenvalue weighted by molar-refractivity contribution is 7.16. The van der Waals surface area contributed by atoms with Gasteiger partial charge in [0.1, 0.15) is 0 Å². The summed E-state index contributed by atoms with van der Waals surface area (Å²) in [6, 6.07) is 3.91. The van der Waals surface area contributed by atoms with E-state index in [0.29, 0.717) is 0 Å². The average molecular weight is 257 g/mol. The van der Waals surface area contributed by atoms with Crippen molar-refractivity contribution in [3.05, 3.63) is 33.2 Å². The van der Waals surface area contributed by atoms with E-state index in [2.05, 4.69) is 22.6 Å². The molecule has 2 aromatic heterocycles. The summed E-state index contributed by atoms with van der Waals surface area (Å²) in [5, 5.41) is 11.4. The lowest BCUT2D eigenvalue weighted by atomic mass is 10.4. The van der Waals surface area contributed by atoms with Crippen LogP contribution in [0.3, 0.4) is 0 Å². The molecule has 0 amide bonds. The minimum atomic E-state index is 0.733. The van der Waals surface area contributed by atoms with E-state index < -0.39 is 0 Å². The largest absolute Gasteiger partial charge is 0.311 e. The van der Waals surface area contributed by atoms with Gasteiger partial charge >= 0.3 is 0 Å². The van der Waals surface area contributed by atoms with Crippen molar-refractivity contribution in [2.24, 2.45) is 0 Å². The quantitative estimate of drug-likeness (QED) is 0.892. The highest BCUT2D eigenvalue weighted by Crippen LogP contribution is 2.21. The van der Waals surface area contributed by atoms with Gasteiger partial charge in [0.2, 0.25) is 0 Å². The molecule has 2 rings (SSSR count). The molecular weight excluding hydrogens is 244 g/mol. The SMILES string of the molecule is CCNCc1cn(Cc2ccc(Cl)s2)nn1. The molecule has 2 aromatic rings. The third-order valence-corrected chi connectivity index (χ3v) is 3.30. The van der Waals surface area contributed by atoms with Crippen LogP contribution in [0.15, 0.2) is 18.3 Å². The van der Waals surface area contributed by atoms with Crippen LogP contribution in [0.2, 0.25) is 4.34 Å². The van der Waals surface area contributed by atoms with Crippen molar-refractivity contribution in [1.29, 1.82) is 0 Å².